The van der Waals surface area contributed by atoms with Gasteiger partial charge < -0.3 is 5.32 Å². The lowest BCUT2D eigenvalue weighted by Gasteiger charge is -2.30. The van der Waals surface area contributed by atoms with Crippen LogP contribution in [0.4, 0.5) is 0 Å². The van der Waals surface area contributed by atoms with Gasteiger partial charge in [0.2, 0.25) is 0 Å². The summed E-state index contributed by atoms with van der Waals surface area (Å²) in [5.41, 5.74) is 0. The summed E-state index contributed by atoms with van der Waals surface area (Å²) in [6, 6.07) is 0.353. The molecule has 1 atom stereocenters. The van der Waals surface area contributed by atoms with Crippen LogP contribution in [0.5, 0.6) is 0 Å². The van der Waals surface area contributed by atoms with Gasteiger partial charge in [0, 0.05) is 25.7 Å². The zero-order chi connectivity index (χ0) is 15.0. The first-order valence-electron chi connectivity index (χ1n) is 7.43. The van der Waals surface area contributed by atoms with Crippen LogP contribution in [0, 0.1) is 0 Å². The molecule has 0 spiro atoms. The van der Waals surface area contributed by atoms with Crippen LogP contribution < -0.4 is 5.32 Å². The van der Waals surface area contributed by atoms with Gasteiger partial charge >= 0.3 is 0 Å². The van der Waals surface area contributed by atoms with Crippen LogP contribution in [0.1, 0.15) is 32.1 Å². The molecule has 6 nitrogen and oxygen atoms in total. The first-order chi connectivity index (χ1) is 10.00. The fraction of sp³-hybridized carbons (Fsp3) is 0.769. The second-order valence-corrected chi connectivity index (χ2v) is 8.09. The van der Waals surface area contributed by atoms with E-state index in [9.17, 15) is 8.42 Å². The number of aromatic nitrogens is 2. The van der Waals surface area contributed by atoms with E-state index >= 15 is 0 Å². The molecule has 8 heteroatoms. The fourth-order valence-corrected chi connectivity index (χ4v) is 5.24. The van der Waals surface area contributed by atoms with E-state index in [1.807, 2.05) is 0 Å². The van der Waals surface area contributed by atoms with Crippen LogP contribution in [0.25, 0.3) is 0 Å². The van der Waals surface area contributed by atoms with Crippen LogP contribution in [0.2, 0.25) is 5.02 Å². The Morgan fingerprint density at radius 3 is 2.71 bits per heavy atom. The van der Waals surface area contributed by atoms with E-state index in [0.717, 1.165) is 32.2 Å². The molecule has 1 aromatic rings. The molecule has 118 valence electrons. The average Bonchev–Trinajstić information content (AvgIpc) is 3.22. The van der Waals surface area contributed by atoms with Crippen LogP contribution >= 0.6 is 11.6 Å². The van der Waals surface area contributed by atoms with Crippen molar-refractivity contribution in [3.05, 3.63) is 11.2 Å². The molecule has 21 heavy (non-hydrogen) atoms. The van der Waals surface area contributed by atoms with Crippen molar-refractivity contribution in [2.75, 3.05) is 13.1 Å². The maximum Gasteiger partial charge on any atom is 0.262 e. The first-order valence-corrected chi connectivity index (χ1v) is 9.24. The van der Waals surface area contributed by atoms with Crippen molar-refractivity contribution in [1.29, 1.82) is 0 Å². The number of aryl methyl sites for hydroxylation is 1. The van der Waals surface area contributed by atoms with E-state index in [-0.39, 0.29) is 22.1 Å². The van der Waals surface area contributed by atoms with Crippen molar-refractivity contribution in [2.24, 2.45) is 7.05 Å². The number of hydrogen-bond donors (Lipinski definition) is 1. The Balaban J connectivity index is 1.86. The molecular weight excluding hydrogens is 312 g/mol. The summed E-state index contributed by atoms with van der Waals surface area (Å²) in [5, 5.41) is 7.67. The summed E-state index contributed by atoms with van der Waals surface area (Å²) in [5.74, 6) is 0. The maximum absolute atomic E-state index is 12.9. The summed E-state index contributed by atoms with van der Waals surface area (Å²) in [7, 11) is -1.98. The topological polar surface area (TPSA) is 67.2 Å². The predicted octanol–water partition coefficient (Wildman–Crippen LogP) is 1.37. The number of sulfonamides is 1. The lowest BCUT2D eigenvalue weighted by atomic mass is 10.1. The first kappa shape index (κ1) is 15.3. The van der Waals surface area contributed by atoms with Crippen molar-refractivity contribution in [3.8, 4) is 0 Å². The van der Waals surface area contributed by atoms with Crippen LogP contribution in [-0.4, -0.2) is 47.7 Å². The van der Waals surface area contributed by atoms with Crippen molar-refractivity contribution < 1.29 is 8.42 Å². The van der Waals surface area contributed by atoms with E-state index < -0.39 is 10.0 Å². The van der Waals surface area contributed by atoms with Gasteiger partial charge in [0.05, 0.1) is 11.2 Å². The van der Waals surface area contributed by atoms with Crippen molar-refractivity contribution >= 4 is 21.6 Å². The van der Waals surface area contributed by atoms with Gasteiger partial charge in [0.25, 0.3) is 10.0 Å². The predicted molar refractivity (Wildman–Crippen MR) is 80.8 cm³/mol. The summed E-state index contributed by atoms with van der Waals surface area (Å²) in [4.78, 5) is 0. The van der Waals surface area contributed by atoms with Gasteiger partial charge in [0.15, 0.2) is 5.03 Å². The molecule has 0 bridgehead atoms. The summed E-state index contributed by atoms with van der Waals surface area (Å²) < 4.78 is 28.9. The molecule has 1 saturated carbocycles. The molecule has 1 aliphatic carbocycles. The summed E-state index contributed by atoms with van der Waals surface area (Å²) in [6.45, 7) is 1.49. The second-order valence-electron chi connectivity index (χ2n) is 5.87. The molecule has 2 aliphatic rings. The number of nitrogens with one attached hydrogen (secondary N) is 1. The van der Waals surface area contributed by atoms with Gasteiger partial charge in [-0.15, -0.1) is 0 Å². The average molecular weight is 333 g/mol. The molecule has 3 rings (SSSR count). The molecular formula is C13H21ClN4O2S. The molecule has 0 radical (unpaired) electrons. The quantitative estimate of drug-likeness (QED) is 0.884. The molecule has 1 N–H and O–H groups in total. The normalized spacial score (nSPS) is 23.7. The van der Waals surface area contributed by atoms with Gasteiger partial charge in [-0.2, -0.15) is 9.40 Å². The molecule has 2 fully saturated rings. The monoisotopic (exact) mass is 332 g/mol. The Kier molecular flexibility index (Phi) is 4.27. The molecule has 0 amide bonds. The van der Waals surface area contributed by atoms with E-state index in [1.165, 1.54) is 17.3 Å². The van der Waals surface area contributed by atoms with Gasteiger partial charge in [0.1, 0.15) is 0 Å². The van der Waals surface area contributed by atoms with E-state index in [0.29, 0.717) is 6.54 Å². The number of hydrogen-bond acceptors (Lipinski definition) is 4. The highest BCUT2D eigenvalue weighted by Gasteiger charge is 2.41. The molecule has 0 aromatic carbocycles. The maximum atomic E-state index is 12.9. The fourth-order valence-electron chi connectivity index (χ4n) is 2.90. The minimum absolute atomic E-state index is 0.104. The molecule has 2 heterocycles. The third-order valence-corrected chi connectivity index (χ3v) is 6.59. The van der Waals surface area contributed by atoms with Crippen LogP contribution in [0.3, 0.4) is 0 Å². The minimum atomic E-state index is -3.59. The molecule has 1 aliphatic heterocycles. The third kappa shape index (κ3) is 3.11. The lowest BCUT2D eigenvalue weighted by molar-refractivity contribution is 0.306. The zero-order valence-corrected chi connectivity index (χ0v) is 13.7. The van der Waals surface area contributed by atoms with Crippen molar-refractivity contribution in [2.45, 2.75) is 49.2 Å². The number of nitrogens with zero attached hydrogens (tertiary/aromatic N) is 3. The Morgan fingerprint density at radius 1 is 1.43 bits per heavy atom. The van der Waals surface area contributed by atoms with Crippen molar-refractivity contribution in [1.82, 2.24) is 19.4 Å². The Labute approximate surface area is 130 Å². The lowest BCUT2D eigenvalue weighted by Crippen LogP contribution is -2.47. The Morgan fingerprint density at radius 2 is 2.19 bits per heavy atom. The number of halogens is 1. The molecule has 1 unspecified atom stereocenters. The zero-order valence-electron chi connectivity index (χ0n) is 12.1. The third-order valence-electron chi connectivity index (χ3n) is 4.16. The molecule has 1 aromatic heterocycles. The Bertz CT molecular complexity index is 586. The standard InChI is InChI=1S/C13H21ClN4O2S/c1-17-13(12(14)8-16-17)21(19,20)18(11-5-6-11)9-10-4-2-3-7-15-10/h8,10-11,15H,2-7,9H2,1H3. The van der Waals surface area contributed by atoms with E-state index in [1.54, 1.807) is 11.4 Å². The second kappa shape index (κ2) is 5.87. The number of piperidine rings is 1. The highest BCUT2D eigenvalue weighted by atomic mass is 35.5. The SMILES string of the molecule is Cn1ncc(Cl)c1S(=O)(=O)N(CC1CCCCN1)C1CC1. The highest BCUT2D eigenvalue weighted by Crippen LogP contribution is 2.34. The molecule has 1 saturated heterocycles. The van der Waals surface area contributed by atoms with Gasteiger partial charge in [-0.1, -0.05) is 18.0 Å². The Hall–Kier alpha value is -0.630. The van der Waals surface area contributed by atoms with Gasteiger partial charge in [-0.05, 0) is 32.2 Å². The van der Waals surface area contributed by atoms with Crippen molar-refractivity contribution in [3.63, 3.8) is 0 Å². The van der Waals surface area contributed by atoms with Gasteiger partial charge in [-0.25, -0.2) is 8.42 Å². The van der Waals surface area contributed by atoms with Gasteiger partial charge in [-0.3, -0.25) is 4.68 Å². The highest BCUT2D eigenvalue weighted by molar-refractivity contribution is 7.89. The van der Waals surface area contributed by atoms with E-state index in [2.05, 4.69) is 10.4 Å². The van der Waals surface area contributed by atoms with Crippen LogP contribution in [-0.2, 0) is 17.1 Å². The van der Waals surface area contributed by atoms with E-state index in [4.69, 9.17) is 11.6 Å². The largest absolute Gasteiger partial charge is 0.313 e. The van der Waals surface area contributed by atoms with Crippen LogP contribution in [0.15, 0.2) is 11.2 Å². The summed E-state index contributed by atoms with van der Waals surface area (Å²) in [6.07, 6.45) is 6.60. The smallest absolute Gasteiger partial charge is 0.262 e. The summed E-state index contributed by atoms with van der Waals surface area (Å²) >= 11 is 6.04. The number of rotatable bonds is 5. The minimum Gasteiger partial charge on any atom is -0.313 e.